The van der Waals surface area contributed by atoms with E-state index in [9.17, 15) is 8.42 Å². The first kappa shape index (κ1) is 17.0. The molecule has 0 saturated carbocycles. The largest absolute Gasteiger partial charge is 0.228 e. The fourth-order valence-corrected chi connectivity index (χ4v) is 4.16. The summed E-state index contributed by atoms with van der Waals surface area (Å²) in [6.07, 6.45) is 17.0. The van der Waals surface area contributed by atoms with Crippen molar-refractivity contribution in [2.45, 2.75) is 95.6 Å². The average molecular weight is 288 g/mol. The molecule has 1 atom stereocenters. The zero-order valence-electron chi connectivity index (χ0n) is 12.7. The van der Waals surface area contributed by atoms with Gasteiger partial charge in [-0.05, 0) is 6.42 Å². The zero-order chi connectivity index (χ0) is 14.0. The van der Waals surface area contributed by atoms with Crippen molar-refractivity contribution < 1.29 is 8.42 Å². The van der Waals surface area contributed by atoms with Crippen LogP contribution in [0.4, 0.5) is 0 Å². The Kier molecular flexibility index (Phi) is 8.76. The molecule has 19 heavy (non-hydrogen) atoms. The van der Waals surface area contributed by atoms with E-state index in [1.807, 2.05) is 0 Å². The fourth-order valence-electron chi connectivity index (χ4n) is 2.70. The van der Waals surface area contributed by atoms with Gasteiger partial charge in [-0.15, -0.1) is 0 Å². The molecule has 0 N–H and O–H groups in total. The maximum Gasteiger partial charge on any atom is 0.155 e. The lowest BCUT2D eigenvalue weighted by atomic mass is 10.0. The second kappa shape index (κ2) is 9.79. The molecule has 1 unspecified atom stereocenters. The van der Waals surface area contributed by atoms with Crippen molar-refractivity contribution in [1.82, 2.24) is 0 Å². The molecule has 1 aliphatic rings. The summed E-state index contributed by atoms with van der Waals surface area (Å²) >= 11 is 0. The Morgan fingerprint density at radius 1 is 0.737 bits per heavy atom. The number of rotatable bonds is 13. The number of unbranched alkanes of at least 4 members (excludes halogenated alkanes) is 11. The summed E-state index contributed by atoms with van der Waals surface area (Å²) in [5.74, 6) is 0.463. The molecule has 1 heterocycles. The minimum Gasteiger partial charge on any atom is -0.228 e. The van der Waals surface area contributed by atoms with Crippen LogP contribution in [-0.2, 0) is 9.84 Å². The highest BCUT2D eigenvalue weighted by atomic mass is 32.2. The lowest BCUT2D eigenvalue weighted by Crippen LogP contribution is -1.89. The van der Waals surface area contributed by atoms with Gasteiger partial charge >= 0.3 is 0 Å². The van der Waals surface area contributed by atoms with Gasteiger partial charge in [0.05, 0.1) is 11.0 Å². The normalized spacial score (nSPS) is 20.6. The van der Waals surface area contributed by atoms with E-state index in [1.165, 1.54) is 70.6 Å². The van der Waals surface area contributed by atoms with E-state index in [-0.39, 0.29) is 5.25 Å². The van der Waals surface area contributed by atoms with Crippen molar-refractivity contribution in [2.75, 3.05) is 5.75 Å². The Morgan fingerprint density at radius 3 is 1.47 bits per heavy atom. The molecule has 1 aliphatic heterocycles. The topological polar surface area (TPSA) is 34.1 Å². The van der Waals surface area contributed by atoms with Gasteiger partial charge in [-0.3, -0.25) is 0 Å². The molecule has 0 aromatic heterocycles. The Labute approximate surface area is 120 Å². The van der Waals surface area contributed by atoms with Crippen LogP contribution in [0.15, 0.2) is 0 Å². The van der Waals surface area contributed by atoms with E-state index in [1.54, 1.807) is 0 Å². The molecule has 0 amide bonds. The maximum atomic E-state index is 11.0. The highest BCUT2D eigenvalue weighted by molar-refractivity contribution is 7.99. The molecule has 0 aromatic rings. The summed E-state index contributed by atoms with van der Waals surface area (Å²) in [6.45, 7) is 2.26. The minimum atomic E-state index is -2.57. The van der Waals surface area contributed by atoms with Gasteiger partial charge in [0.1, 0.15) is 0 Å². The van der Waals surface area contributed by atoms with Crippen molar-refractivity contribution in [3.63, 3.8) is 0 Å². The van der Waals surface area contributed by atoms with Crippen LogP contribution in [-0.4, -0.2) is 19.4 Å². The van der Waals surface area contributed by atoms with Crippen LogP contribution < -0.4 is 0 Å². The second-order valence-corrected chi connectivity index (χ2v) is 8.46. The van der Waals surface area contributed by atoms with Crippen molar-refractivity contribution in [2.24, 2.45) is 0 Å². The van der Waals surface area contributed by atoms with Crippen LogP contribution in [0.1, 0.15) is 90.4 Å². The highest BCUT2D eigenvalue weighted by Gasteiger charge is 2.42. The van der Waals surface area contributed by atoms with Crippen LogP contribution in [0.25, 0.3) is 0 Å². The number of hydrogen-bond acceptors (Lipinski definition) is 2. The van der Waals surface area contributed by atoms with E-state index in [2.05, 4.69) is 6.92 Å². The SMILES string of the molecule is CCCCCCCCCCCCCCC1CS1(=O)=O. The van der Waals surface area contributed by atoms with E-state index >= 15 is 0 Å². The summed E-state index contributed by atoms with van der Waals surface area (Å²) in [7, 11) is -2.57. The van der Waals surface area contributed by atoms with Gasteiger partial charge in [-0.2, -0.15) is 0 Å². The molecule has 1 rings (SSSR count). The van der Waals surface area contributed by atoms with Crippen LogP contribution in [0, 0.1) is 0 Å². The molecular formula is C16H32O2S. The molecule has 2 nitrogen and oxygen atoms in total. The molecular weight excluding hydrogens is 256 g/mol. The molecule has 0 radical (unpaired) electrons. The van der Waals surface area contributed by atoms with E-state index in [0.717, 1.165) is 12.8 Å². The first-order valence-electron chi connectivity index (χ1n) is 8.38. The monoisotopic (exact) mass is 288 g/mol. The zero-order valence-corrected chi connectivity index (χ0v) is 13.5. The minimum absolute atomic E-state index is 0.0376. The Bertz CT molecular complexity index is 309. The molecule has 0 bridgehead atoms. The third-order valence-corrected chi connectivity index (χ3v) is 6.05. The predicted molar refractivity (Wildman–Crippen MR) is 83.3 cm³/mol. The molecule has 1 saturated heterocycles. The molecule has 3 heteroatoms. The number of sulfone groups is 1. The Hall–Kier alpha value is -0.0500. The number of hydrogen-bond donors (Lipinski definition) is 0. The third kappa shape index (κ3) is 8.67. The first-order valence-corrected chi connectivity index (χ1v) is 10.1. The van der Waals surface area contributed by atoms with Gasteiger partial charge in [-0.25, -0.2) is 8.42 Å². The van der Waals surface area contributed by atoms with Gasteiger partial charge in [0.15, 0.2) is 9.84 Å². The van der Waals surface area contributed by atoms with Crippen LogP contribution in [0.2, 0.25) is 0 Å². The van der Waals surface area contributed by atoms with Gasteiger partial charge in [-0.1, -0.05) is 84.0 Å². The molecule has 0 spiro atoms. The van der Waals surface area contributed by atoms with Crippen LogP contribution >= 0.6 is 0 Å². The Balaban J connectivity index is 1.70. The molecule has 0 aromatic carbocycles. The van der Waals surface area contributed by atoms with Gasteiger partial charge < -0.3 is 0 Å². The Morgan fingerprint density at radius 2 is 1.11 bits per heavy atom. The summed E-state index contributed by atoms with van der Waals surface area (Å²) in [4.78, 5) is 0. The second-order valence-electron chi connectivity index (χ2n) is 6.13. The van der Waals surface area contributed by atoms with E-state index in [4.69, 9.17) is 0 Å². The van der Waals surface area contributed by atoms with Gasteiger partial charge in [0, 0.05) is 0 Å². The highest BCUT2D eigenvalue weighted by Crippen LogP contribution is 2.27. The third-order valence-electron chi connectivity index (χ3n) is 4.19. The first-order chi connectivity index (χ1) is 9.17. The van der Waals surface area contributed by atoms with Gasteiger partial charge in [0.25, 0.3) is 0 Å². The van der Waals surface area contributed by atoms with Crippen molar-refractivity contribution in [3.8, 4) is 0 Å². The van der Waals surface area contributed by atoms with Crippen LogP contribution in [0.5, 0.6) is 0 Å². The van der Waals surface area contributed by atoms with Crippen LogP contribution in [0.3, 0.4) is 0 Å². The molecule has 0 aliphatic carbocycles. The van der Waals surface area contributed by atoms with Crippen molar-refractivity contribution in [3.05, 3.63) is 0 Å². The standard InChI is InChI=1S/C16H32O2S/c1-2-3-4-5-6-7-8-9-10-11-12-13-14-16-15-19(16,17)18/h16H,2-15H2,1H3. The van der Waals surface area contributed by atoms with Crippen molar-refractivity contribution >= 4 is 9.84 Å². The molecule has 1 fully saturated rings. The van der Waals surface area contributed by atoms with Gasteiger partial charge in [0.2, 0.25) is 0 Å². The predicted octanol–water partition coefficient (Wildman–Crippen LogP) is 4.87. The van der Waals surface area contributed by atoms with Crippen molar-refractivity contribution in [1.29, 1.82) is 0 Å². The average Bonchev–Trinajstić information content (AvgIpc) is 2.98. The summed E-state index contributed by atoms with van der Waals surface area (Å²) < 4.78 is 22.0. The van der Waals surface area contributed by atoms with E-state index in [0.29, 0.717) is 5.75 Å². The molecule has 114 valence electrons. The van der Waals surface area contributed by atoms with E-state index < -0.39 is 9.84 Å². The lowest BCUT2D eigenvalue weighted by molar-refractivity contribution is 0.540. The smallest absolute Gasteiger partial charge is 0.155 e. The quantitative estimate of drug-likeness (QED) is 0.358. The summed E-state index contributed by atoms with van der Waals surface area (Å²) in [6, 6.07) is 0. The summed E-state index contributed by atoms with van der Waals surface area (Å²) in [5, 5.41) is 0.0376. The summed E-state index contributed by atoms with van der Waals surface area (Å²) in [5.41, 5.74) is 0. The maximum absolute atomic E-state index is 11.0. The lowest BCUT2D eigenvalue weighted by Gasteiger charge is -2.02. The fraction of sp³-hybridized carbons (Fsp3) is 1.00.